The molecular formula is C5H6N2OS. The summed E-state index contributed by atoms with van der Waals surface area (Å²) in [6.45, 7) is 0. The van der Waals surface area contributed by atoms with Crippen molar-refractivity contribution >= 4 is 10.6 Å². The molecule has 1 unspecified atom stereocenters. The molecule has 0 spiro atoms. The van der Waals surface area contributed by atoms with Crippen LogP contribution in [-0.4, -0.2) is 9.19 Å². The van der Waals surface area contributed by atoms with E-state index in [1.807, 2.05) is 0 Å². The lowest BCUT2D eigenvalue weighted by Gasteiger charge is -1.85. The Morgan fingerprint density at radius 2 is 2.00 bits per heavy atom. The van der Waals surface area contributed by atoms with Crippen molar-refractivity contribution in [3.8, 4) is 0 Å². The fourth-order valence-electron chi connectivity index (χ4n) is 0.479. The van der Waals surface area contributed by atoms with Gasteiger partial charge in [-0.2, -0.15) is 0 Å². The van der Waals surface area contributed by atoms with Crippen molar-refractivity contribution in [3.05, 3.63) is 24.5 Å². The zero-order valence-electron chi connectivity index (χ0n) is 4.61. The molecule has 3 nitrogen and oxygen atoms in total. The highest BCUT2D eigenvalue weighted by Crippen LogP contribution is 1.95. The van der Waals surface area contributed by atoms with Crippen molar-refractivity contribution in [1.29, 1.82) is 4.78 Å². The topological polar surface area (TPSA) is 53.8 Å². The van der Waals surface area contributed by atoms with Gasteiger partial charge in [-0.05, 0) is 12.1 Å². The van der Waals surface area contributed by atoms with Crippen LogP contribution in [0.4, 0.5) is 0 Å². The predicted octanol–water partition coefficient (Wildman–Crippen LogP) is 0.684. The summed E-state index contributed by atoms with van der Waals surface area (Å²) < 4.78 is 17.2. The van der Waals surface area contributed by atoms with E-state index in [0.29, 0.717) is 4.90 Å². The molecule has 0 aromatic carbocycles. The van der Waals surface area contributed by atoms with Gasteiger partial charge in [-0.15, -0.1) is 0 Å². The number of hydrogen-bond donors (Lipinski definition) is 2. The highest BCUT2D eigenvalue weighted by atomic mass is 32.2. The zero-order chi connectivity index (χ0) is 6.69. The van der Waals surface area contributed by atoms with Crippen LogP contribution in [0.5, 0.6) is 0 Å². The Balaban J connectivity index is 3.13. The molecular weight excluding hydrogens is 136 g/mol. The number of pyridine rings is 1. The van der Waals surface area contributed by atoms with Gasteiger partial charge < -0.3 is 0 Å². The molecule has 0 bridgehead atoms. The molecule has 1 aromatic heterocycles. The van der Waals surface area contributed by atoms with Gasteiger partial charge in [0.05, 0.1) is 10.6 Å². The van der Waals surface area contributed by atoms with E-state index in [4.69, 9.17) is 4.78 Å². The Morgan fingerprint density at radius 3 is 2.33 bits per heavy atom. The second-order valence-corrected chi connectivity index (χ2v) is 2.60. The Bertz CT molecular complexity index is 247. The summed E-state index contributed by atoms with van der Waals surface area (Å²) in [5, 5.41) is 0. The Hall–Kier alpha value is -0.900. The third kappa shape index (κ3) is 1.50. The van der Waals surface area contributed by atoms with Gasteiger partial charge in [-0.3, -0.25) is 9.76 Å². The molecule has 0 saturated carbocycles. The molecule has 1 N–H and O–H groups in total. The van der Waals surface area contributed by atoms with Crippen LogP contribution >= 0.6 is 0 Å². The normalized spacial score (nSPS) is 12.9. The molecule has 0 amide bonds. The Labute approximate surface area is 54.8 Å². The van der Waals surface area contributed by atoms with Gasteiger partial charge in [0.15, 0.2) is 0 Å². The van der Waals surface area contributed by atoms with E-state index >= 15 is 0 Å². The van der Waals surface area contributed by atoms with Crippen molar-refractivity contribution in [2.45, 2.75) is 4.90 Å². The average molecular weight is 142 g/mol. The SMILES string of the molecule is N=[SH](=O)c1ccncc1. The maximum Gasteiger partial charge on any atom is 0.0617 e. The lowest BCUT2D eigenvalue weighted by molar-refractivity contribution is 0.687. The number of thiol groups is 1. The minimum Gasteiger partial charge on any atom is -0.265 e. The predicted molar refractivity (Wildman–Crippen MR) is 34.8 cm³/mol. The molecule has 0 aliphatic rings. The van der Waals surface area contributed by atoms with Crippen LogP contribution in [-0.2, 0) is 10.6 Å². The summed E-state index contributed by atoms with van der Waals surface area (Å²) in [5.41, 5.74) is 0. The lowest BCUT2D eigenvalue weighted by atomic mass is 10.5. The van der Waals surface area contributed by atoms with Gasteiger partial charge in [0.25, 0.3) is 0 Å². The highest BCUT2D eigenvalue weighted by molar-refractivity contribution is 7.73. The minimum absolute atomic E-state index is 0.528. The second-order valence-electron chi connectivity index (χ2n) is 1.50. The van der Waals surface area contributed by atoms with Crippen LogP contribution in [0.15, 0.2) is 29.4 Å². The number of nitrogens with one attached hydrogen (secondary N) is 1. The number of hydrogen-bond acceptors (Lipinski definition) is 3. The maximum absolute atomic E-state index is 10.4. The molecule has 1 aromatic rings. The van der Waals surface area contributed by atoms with E-state index in [2.05, 4.69) is 4.98 Å². The number of nitrogens with zero attached hydrogens (tertiary/aromatic N) is 1. The number of aromatic nitrogens is 1. The monoisotopic (exact) mass is 142 g/mol. The highest BCUT2D eigenvalue weighted by Gasteiger charge is 1.84. The van der Waals surface area contributed by atoms with Gasteiger partial charge in [0, 0.05) is 17.3 Å². The van der Waals surface area contributed by atoms with Crippen LogP contribution in [0, 0.1) is 4.78 Å². The first kappa shape index (κ1) is 6.22. The summed E-state index contributed by atoms with van der Waals surface area (Å²) in [7, 11) is -1.94. The van der Waals surface area contributed by atoms with E-state index in [1.165, 1.54) is 12.4 Å². The standard InChI is InChI=1S/C5H6N2OS/c6-9(8)5-1-3-7-4-2-5/h1-4,6,9H. The fraction of sp³-hybridized carbons (Fsp3) is 0. The molecule has 0 aliphatic carbocycles. The van der Waals surface area contributed by atoms with E-state index < -0.39 is 10.6 Å². The summed E-state index contributed by atoms with van der Waals surface area (Å²) in [6.07, 6.45) is 3.05. The fourth-order valence-corrected chi connectivity index (χ4v) is 0.884. The Kier molecular flexibility index (Phi) is 1.79. The van der Waals surface area contributed by atoms with Crippen molar-refractivity contribution < 1.29 is 4.21 Å². The third-order valence-electron chi connectivity index (χ3n) is 0.897. The minimum atomic E-state index is -1.94. The van der Waals surface area contributed by atoms with Crippen LogP contribution in [0.2, 0.25) is 0 Å². The van der Waals surface area contributed by atoms with E-state index in [9.17, 15) is 4.21 Å². The summed E-state index contributed by atoms with van der Waals surface area (Å²) in [5.74, 6) is 0. The lowest BCUT2D eigenvalue weighted by Crippen LogP contribution is -1.76. The first-order valence-corrected chi connectivity index (χ1v) is 3.65. The van der Waals surface area contributed by atoms with Crippen LogP contribution < -0.4 is 0 Å². The molecule has 0 fully saturated rings. The average Bonchev–Trinajstić information content (AvgIpc) is 1.90. The van der Waals surface area contributed by atoms with Crippen molar-refractivity contribution in [3.63, 3.8) is 0 Å². The van der Waals surface area contributed by atoms with Crippen LogP contribution in [0.1, 0.15) is 0 Å². The molecule has 0 saturated heterocycles. The maximum atomic E-state index is 10.4. The molecule has 0 aliphatic heterocycles. The third-order valence-corrected chi connectivity index (χ3v) is 1.66. The van der Waals surface area contributed by atoms with Gasteiger partial charge in [0.2, 0.25) is 0 Å². The van der Waals surface area contributed by atoms with E-state index in [0.717, 1.165) is 0 Å². The van der Waals surface area contributed by atoms with Crippen molar-refractivity contribution in [2.75, 3.05) is 0 Å². The second kappa shape index (κ2) is 2.59. The van der Waals surface area contributed by atoms with Gasteiger partial charge in [-0.25, -0.2) is 4.21 Å². The Morgan fingerprint density at radius 1 is 1.44 bits per heavy atom. The zero-order valence-corrected chi connectivity index (χ0v) is 5.51. The summed E-state index contributed by atoms with van der Waals surface area (Å²) >= 11 is 0. The summed E-state index contributed by atoms with van der Waals surface area (Å²) in [4.78, 5) is 4.24. The molecule has 4 heteroatoms. The van der Waals surface area contributed by atoms with Crippen molar-refractivity contribution in [2.24, 2.45) is 0 Å². The van der Waals surface area contributed by atoms with E-state index in [1.54, 1.807) is 12.1 Å². The van der Waals surface area contributed by atoms with Gasteiger partial charge >= 0.3 is 0 Å². The molecule has 1 heterocycles. The first-order chi connectivity index (χ1) is 4.30. The molecule has 1 rings (SSSR count). The summed E-state index contributed by atoms with van der Waals surface area (Å²) in [6, 6.07) is 3.15. The molecule has 9 heavy (non-hydrogen) atoms. The smallest absolute Gasteiger partial charge is 0.0617 e. The van der Waals surface area contributed by atoms with E-state index in [-0.39, 0.29) is 0 Å². The van der Waals surface area contributed by atoms with Crippen LogP contribution in [0.3, 0.4) is 0 Å². The number of rotatable bonds is 1. The van der Waals surface area contributed by atoms with Gasteiger partial charge in [0.1, 0.15) is 0 Å². The molecule has 1 atom stereocenters. The largest absolute Gasteiger partial charge is 0.265 e. The van der Waals surface area contributed by atoms with Crippen molar-refractivity contribution in [1.82, 2.24) is 4.98 Å². The molecule has 0 radical (unpaired) electrons. The quantitative estimate of drug-likeness (QED) is 0.566. The first-order valence-electron chi connectivity index (χ1n) is 2.39. The van der Waals surface area contributed by atoms with Gasteiger partial charge in [-0.1, -0.05) is 0 Å². The van der Waals surface area contributed by atoms with Crippen LogP contribution in [0.25, 0.3) is 0 Å². The molecule has 48 valence electrons.